The summed E-state index contributed by atoms with van der Waals surface area (Å²) in [5.41, 5.74) is 0.723. The van der Waals surface area contributed by atoms with Gasteiger partial charge in [-0.3, -0.25) is 0 Å². The van der Waals surface area contributed by atoms with Gasteiger partial charge in [-0.05, 0) is 12.1 Å². The molecule has 0 bridgehead atoms. The van der Waals surface area contributed by atoms with E-state index in [1.165, 1.54) is 0 Å². The summed E-state index contributed by atoms with van der Waals surface area (Å²) in [5.74, 6) is 0. The lowest BCUT2D eigenvalue weighted by molar-refractivity contribution is 0.597. The van der Waals surface area contributed by atoms with Gasteiger partial charge in [0.1, 0.15) is 8.07 Å². The Bertz CT molecular complexity index is 193. The smallest absolute Gasteiger partial charge is 0.140 e. The minimum absolute atomic E-state index is 0.723. The monoisotopic (exact) mass is 174 g/mol. The maximum absolute atomic E-state index is 5.79. The Morgan fingerprint density at radius 3 is 2.70 bits per heavy atom. The van der Waals surface area contributed by atoms with E-state index in [4.69, 9.17) is 16.0 Å². The molecule has 0 aliphatic carbocycles. The Labute approximate surface area is 67.0 Å². The Kier molecular flexibility index (Phi) is 2.21. The summed E-state index contributed by atoms with van der Waals surface area (Å²) < 4.78 is 5.27. The average Bonchev–Trinajstić information content (AvgIpc) is 2.38. The van der Waals surface area contributed by atoms with E-state index in [9.17, 15) is 0 Å². The van der Waals surface area contributed by atoms with Crippen LogP contribution in [0.15, 0.2) is 22.8 Å². The van der Waals surface area contributed by atoms with E-state index in [0.717, 1.165) is 10.9 Å². The van der Waals surface area contributed by atoms with Crippen LogP contribution in [0.1, 0.15) is 0 Å². The average molecular weight is 175 g/mol. The highest BCUT2D eigenvalue weighted by Crippen LogP contribution is 2.04. The van der Waals surface area contributed by atoms with Crippen molar-refractivity contribution in [2.24, 2.45) is 0 Å². The highest BCUT2D eigenvalue weighted by molar-refractivity contribution is 6.93. The predicted molar refractivity (Wildman–Crippen MR) is 46.5 cm³/mol. The molecular formula is C7H11ClOSi. The fourth-order valence-electron chi connectivity index (χ4n) is 0.730. The molecule has 0 unspecified atom stereocenters. The fraction of sp³-hybridized carbons (Fsp3) is 0.429. The number of rotatable bonds is 2. The van der Waals surface area contributed by atoms with Gasteiger partial charge in [-0.1, -0.05) is 13.1 Å². The first-order chi connectivity index (χ1) is 4.67. The van der Waals surface area contributed by atoms with Gasteiger partial charge in [0.05, 0.1) is 11.6 Å². The molecular weight excluding hydrogens is 164 g/mol. The Balaban J connectivity index is 2.85. The Morgan fingerprint density at radius 1 is 1.60 bits per heavy atom. The van der Waals surface area contributed by atoms with Crippen LogP contribution >= 0.6 is 11.6 Å². The largest absolute Gasteiger partial charge is 0.474 e. The van der Waals surface area contributed by atoms with E-state index in [1.54, 1.807) is 6.26 Å². The van der Waals surface area contributed by atoms with Crippen LogP contribution in [-0.4, -0.2) is 13.6 Å². The van der Waals surface area contributed by atoms with Gasteiger partial charge in [0.25, 0.3) is 0 Å². The van der Waals surface area contributed by atoms with Crippen molar-refractivity contribution >= 4 is 25.1 Å². The minimum Gasteiger partial charge on any atom is -0.474 e. The van der Waals surface area contributed by atoms with Crippen LogP contribution in [0, 0.1) is 0 Å². The molecule has 1 aromatic rings. The summed E-state index contributed by atoms with van der Waals surface area (Å²) in [6.07, 6.45) is 1.70. The highest BCUT2D eigenvalue weighted by atomic mass is 35.5. The lowest BCUT2D eigenvalue weighted by atomic mass is 10.7. The molecule has 0 radical (unpaired) electrons. The van der Waals surface area contributed by atoms with Crippen molar-refractivity contribution in [1.82, 2.24) is 0 Å². The number of hydrogen-bond donors (Lipinski definition) is 0. The molecule has 0 atom stereocenters. The zero-order valence-corrected chi connectivity index (χ0v) is 7.98. The van der Waals surface area contributed by atoms with Crippen molar-refractivity contribution < 1.29 is 4.42 Å². The highest BCUT2D eigenvalue weighted by Gasteiger charge is 2.24. The molecule has 10 heavy (non-hydrogen) atoms. The van der Waals surface area contributed by atoms with Gasteiger partial charge in [-0.15, -0.1) is 11.6 Å². The van der Waals surface area contributed by atoms with Crippen molar-refractivity contribution in [1.29, 1.82) is 0 Å². The quantitative estimate of drug-likeness (QED) is 0.494. The summed E-state index contributed by atoms with van der Waals surface area (Å²) in [5, 5.41) is 1.09. The van der Waals surface area contributed by atoms with Crippen LogP contribution < -0.4 is 5.38 Å². The van der Waals surface area contributed by atoms with Crippen molar-refractivity contribution in [3.63, 3.8) is 0 Å². The van der Waals surface area contributed by atoms with Gasteiger partial charge >= 0.3 is 0 Å². The van der Waals surface area contributed by atoms with Crippen LogP contribution in [-0.2, 0) is 0 Å². The third-order valence-electron chi connectivity index (χ3n) is 1.52. The van der Waals surface area contributed by atoms with E-state index in [1.807, 2.05) is 12.1 Å². The molecule has 0 fully saturated rings. The van der Waals surface area contributed by atoms with Crippen LogP contribution in [0.25, 0.3) is 0 Å². The van der Waals surface area contributed by atoms with Crippen LogP contribution in [0.4, 0.5) is 0 Å². The van der Waals surface area contributed by atoms with Gasteiger partial charge < -0.3 is 4.42 Å². The van der Waals surface area contributed by atoms with E-state index in [2.05, 4.69) is 13.1 Å². The molecule has 1 aromatic heterocycles. The van der Waals surface area contributed by atoms with Crippen molar-refractivity contribution in [3.8, 4) is 0 Å². The number of alkyl halides is 1. The topological polar surface area (TPSA) is 13.1 Å². The summed E-state index contributed by atoms with van der Waals surface area (Å²) in [6.45, 7) is 4.39. The first-order valence-electron chi connectivity index (χ1n) is 3.27. The van der Waals surface area contributed by atoms with E-state index in [-0.39, 0.29) is 0 Å². The standard InChI is InChI=1S/C7H11ClOSi/c1-10(2,6-8)7-4-3-5-9-7/h3-5H,6H2,1-2H3. The molecule has 0 aliphatic rings. The second-order valence-corrected chi connectivity index (χ2v) is 8.32. The number of furan rings is 1. The molecule has 0 amide bonds. The lowest BCUT2D eigenvalue weighted by Gasteiger charge is -2.14. The maximum Gasteiger partial charge on any atom is 0.140 e. The molecule has 56 valence electrons. The minimum atomic E-state index is -1.40. The van der Waals surface area contributed by atoms with Gasteiger partial charge in [-0.25, -0.2) is 0 Å². The molecule has 1 rings (SSSR count). The first-order valence-corrected chi connectivity index (χ1v) is 7.01. The summed E-state index contributed by atoms with van der Waals surface area (Å²) in [6, 6.07) is 3.92. The van der Waals surface area contributed by atoms with Gasteiger partial charge in [-0.2, -0.15) is 0 Å². The zero-order valence-electron chi connectivity index (χ0n) is 6.23. The predicted octanol–water partition coefficient (Wildman–Crippen LogP) is 1.97. The van der Waals surface area contributed by atoms with Gasteiger partial charge in [0.2, 0.25) is 0 Å². The molecule has 0 saturated carbocycles. The van der Waals surface area contributed by atoms with Crippen molar-refractivity contribution in [2.45, 2.75) is 13.1 Å². The van der Waals surface area contributed by atoms with E-state index >= 15 is 0 Å². The molecule has 0 spiro atoms. The first kappa shape index (κ1) is 7.89. The Hall–Kier alpha value is -0.213. The van der Waals surface area contributed by atoms with E-state index in [0.29, 0.717) is 0 Å². The molecule has 0 saturated heterocycles. The normalized spacial score (nSPS) is 11.9. The summed E-state index contributed by atoms with van der Waals surface area (Å²) in [7, 11) is -1.40. The lowest BCUT2D eigenvalue weighted by Crippen LogP contribution is -2.42. The fourth-order valence-corrected chi connectivity index (χ4v) is 2.19. The SMILES string of the molecule is C[Si](C)(CCl)c1ccco1. The Morgan fingerprint density at radius 2 is 2.30 bits per heavy atom. The number of halogens is 1. The number of hydrogen-bond acceptors (Lipinski definition) is 1. The molecule has 1 heterocycles. The summed E-state index contributed by atoms with van der Waals surface area (Å²) >= 11 is 5.79. The molecule has 0 aliphatic heterocycles. The molecule has 0 N–H and O–H groups in total. The van der Waals surface area contributed by atoms with Gasteiger partial charge in [0.15, 0.2) is 0 Å². The third-order valence-corrected chi connectivity index (χ3v) is 5.81. The van der Waals surface area contributed by atoms with E-state index < -0.39 is 8.07 Å². The molecule has 1 nitrogen and oxygen atoms in total. The van der Waals surface area contributed by atoms with Crippen molar-refractivity contribution in [3.05, 3.63) is 18.4 Å². The maximum atomic E-state index is 5.79. The zero-order chi connectivity index (χ0) is 7.61. The van der Waals surface area contributed by atoms with Crippen LogP contribution in [0.5, 0.6) is 0 Å². The van der Waals surface area contributed by atoms with Crippen LogP contribution in [0.3, 0.4) is 0 Å². The van der Waals surface area contributed by atoms with Crippen molar-refractivity contribution in [2.75, 3.05) is 5.50 Å². The van der Waals surface area contributed by atoms with Crippen LogP contribution in [0.2, 0.25) is 13.1 Å². The molecule has 0 aromatic carbocycles. The summed E-state index contributed by atoms with van der Waals surface area (Å²) in [4.78, 5) is 0. The second kappa shape index (κ2) is 2.80. The third kappa shape index (κ3) is 1.44. The molecule has 3 heteroatoms. The van der Waals surface area contributed by atoms with Gasteiger partial charge in [0, 0.05) is 5.50 Å². The second-order valence-electron chi connectivity index (χ2n) is 2.99.